The predicted octanol–water partition coefficient (Wildman–Crippen LogP) is 4.61. The average molecular weight is 524 g/mol. The Morgan fingerprint density at radius 3 is 2.62 bits per heavy atom. The van der Waals surface area contributed by atoms with Gasteiger partial charge in [-0.05, 0) is 85.7 Å². The van der Waals surface area contributed by atoms with Gasteiger partial charge >= 0.3 is 17.8 Å². The van der Waals surface area contributed by atoms with Crippen molar-refractivity contribution in [2.75, 3.05) is 11.9 Å². The van der Waals surface area contributed by atoms with Gasteiger partial charge in [0.05, 0.1) is 18.4 Å². The summed E-state index contributed by atoms with van der Waals surface area (Å²) in [5.74, 6) is -2.13. The summed E-state index contributed by atoms with van der Waals surface area (Å²) in [6, 6.07) is 13.0. The molecular weight excluding hydrogens is 497 g/mol. The van der Waals surface area contributed by atoms with E-state index in [1.54, 1.807) is 43.3 Å². The fourth-order valence-corrected chi connectivity index (χ4v) is 5.17. The molecule has 4 rings (SSSR count). The Kier molecular flexibility index (Phi) is 8.63. The molecule has 1 aliphatic rings. The largest absolute Gasteiger partial charge is 0.489 e. The van der Waals surface area contributed by atoms with Crippen LogP contribution in [0.4, 0.5) is 9.39 Å². The van der Waals surface area contributed by atoms with E-state index in [2.05, 4.69) is 15.8 Å². The molecule has 0 saturated carbocycles. The molecule has 1 aromatic heterocycles. The second-order valence-electron chi connectivity index (χ2n) is 8.28. The van der Waals surface area contributed by atoms with Crippen LogP contribution < -0.4 is 15.5 Å². The van der Waals surface area contributed by atoms with Gasteiger partial charge < -0.3 is 14.8 Å². The Labute approximate surface area is 217 Å². The summed E-state index contributed by atoms with van der Waals surface area (Å²) in [6.07, 6.45) is 4.92. The standard InChI is InChI=1S/C27H26FN3O5S/c1-2-35-27(34)23-21-8-3-4-9-22(21)37-26(23)30-24(32)25(33)31-29-15-17-10-12-20(13-11-17)36-16-18-6-5-7-19(28)14-18/h5-7,10-15H,2-4,8-9,16H2,1H3,(H,30,32)(H,31,33). The van der Waals surface area contributed by atoms with Crippen molar-refractivity contribution >= 4 is 40.3 Å². The van der Waals surface area contributed by atoms with Gasteiger partial charge in [0.15, 0.2) is 0 Å². The molecule has 0 spiro atoms. The highest BCUT2D eigenvalue weighted by atomic mass is 32.1. The molecule has 8 nitrogen and oxygen atoms in total. The molecule has 10 heteroatoms. The highest BCUT2D eigenvalue weighted by Crippen LogP contribution is 2.38. The lowest BCUT2D eigenvalue weighted by Crippen LogP contribution is -2.32. The highest BCUT2D eigenvalue weighted by molar-refractivity contribution is 7.17. The van der Waals surface area contributed by atoms with Crippen molar-refractivity contribution in [2.24, 2.45) is 5.10 Å². The zero-order chi connectivity index (χ0) is 26.2. The molecule has 0 radical (unpaired) electrons. The van der Waals surface area contributed by atoms with Gasteiger partial charge in [0.25, 0.3) is 0 Å². The third-order valence-corrected chi connectivity index (χ3v) is 6.85. The lowest BCUT2D eigenvalue weighted by atomic mass is 9.95. The van der Waals surface area contributed by atoms with E-state index in [0.717, 1.165) is 36.1 Å². The van der Waals surface area contributed by atoms with Crippen LogP contribution >= 0.6 is 11.3 Å². The van der Waals surface area contributed by atoms with Crippen LogP contribution in [-0.2, 0) is 33.8 Å². The molecule has 192 valence electrons. The number of aryl methyl sites for hydroxylation is 1. The van der Waals surface area contributed by atoms with Crippen LogP contribution in [0.3, 0.4) is 0 Å². The SMILES string of the molecule is CCOC(=O)c1c(NC(=O)C(=O)NN=Cc2ccc(OCc3cccc(F)c3)cc2)sc2c1CCCC2. The molecule has 0 bridgehead atoms. The van der Waals surface area contributed by atoms with Crippen molar-refractivity contribution in [3.63, 3.8) is 0 Å². The summed E-state index contributed by atoms with van der Waals surface area (Å²) in [6.45, 7) is 2.15. The normalized spacial score (nSPS) is 12.6. The van der Waals surface area contributed by atoms with E-state index in [1.807, 2.05) is 0 Å². The summed E-state index contributed by atoms with van der Waals surface area (Å²) >= 11 is 1.31. The topological polar surface area (TPSA) is 106 Å². The van der Waals surface area contributed by atoms with Crippen molar-refractivity contribution < 1.29 is 28.2 Å². The first-order valence-corrected chi connectivity index (χ1v) is 12.7. The number of ether oxygens (including phenoxy) is 2. The number of carbonyl (C=O) groups excluding carboxylic acids is 3. The summed E-state index contributed by atoms with van der Waals surface area (Å²) in [5.41, 5.74) is 4.80. The number of hydrazone groups is 1. The van der Waals surface area contributed by atoms with E-state index in [9.17, 15) is 18.8 Å². The third-order valence-electron chi connectivity index (χ3n) is 5.64. The Hall–Kier alpha value is -4.05. The maximum atomic E-state index is 13.3. The number of fused-ring (bicyclic) bond motifs is 1. The minimum atomic E-state index is -0.965. The van der Waals surface area contributed by atoms with Crippen molar-refractivity contribution in [3.05, 3.63) is 81.5 Å². The number of amides is 2. The number of rotatable bonds is 8. The second-order valence-corrected chi connectivity index (χ2v) is 9.38. The summed E-state index contributed by atoms with van der Waals surface area (Å²) < 4.78 is 24.1. The molecule has 0 aliphatic heterocycles. The number of nitrogens with zero attached hydrogens (tertiary/aromatic N) is 1. The number of esters is 1. The van der Waals surface area contributed by atoms with Crippen LogP contribution in [0.5, 0.6) is 5.75 Å². The number of halogens is 1. The van der Waals surface area contributed by atoms with Crippen LogP contribution in [0.2, 0.25) is 0 Å². The monoisotopic (exact) mass is 523 g/mol. The summed E-state index contributed by atoms with van der Waals surface area (Å²) in [4.78, 5) is 38.3. The number of hydrogen-bond donors (Lipinski definition) is 2. The van der Waals surface area contributed by atoms with Gasteiger partial charge in [-0.1, -0.05) is 12.1 Å². The van der Waals surface area contributed by atoms with E-state index < -0.39 is 17.8 Å². The van der Waals surface area contributed by atoms with Crippen molar-refractivity contribution in [1.82, 2.24) is 5.43 Å². The van der Waals surface area contributed by atoms with E-state index in [1.165, 1.54) is 29.7 Å². The first-order valence-electron chi connectivity index (χ1n) is 11.9. The minimum absolute atomic E-state index is 0.214. The van der Waals surface area contributed by atoms with Gasteiger partial charge in [-0.3, -0.25) is 9.59 Å². The fraction of sp³-hybridized carbons (Fsp3) is 0.259. The lowest BCUT2D eigenvalue weighted by Gasteiger charge is -2.12. The molecule has 3 aromatic rings. The van der Waals surface area contributed by atoms with Crippen LogP contribution in [0.25, 0.3) is 0 Å². The molecule has 0 fully saturated rings. The second kappa shape index (κ2) is 12.3. The number of hydrogen-bond acceptors (Lipinski definition) is 7. The van der Waals surface area contributed by atoms with E-state index >= 15 is 0 Å². The maximum Gasteiger partial charge on any atom is 0.341 e. The molecule has 0 atom stereocenters. The maximum absolute atomic E-state index is 13.3. The van der Waals surface area contributed by atoms with Crippen LogP contribution in [0.1, 0.15) is 51.7 Å². The first kappa shape index (κ1) is 26.0. The smallest absolute Gasteiger partial charge is 0.341 e. The Morgan fingerprint density at radius 2 is 1.86 bits per heavy atom. The molecule has 37 heavy (non-hydrogen) atoms. The summed E-state index contributed by atoms with van der Waals surface area (Å²) in [7, 11) is 0. The van der Waals surface area contributed by atoms with Gasteiger partial charge in [-0.2, -0.15) is 5.10 Å². The highest BCUT2D eigenvalue weighted by Gasteiger charge is 2.28. The zero-order valence-electron chi connectivity index (χ0n) is 20.2. The van der Waals surface area contributed by atoms with E-state index in [0.29, 0.717) is 27.4 Å². The minimum Gasteiger partial charge on any atom is -0.489 e. The van der Waals surface area contributed by atoms with Gasteiger partial charge in [-0.25, -0.2) is 14.6 Å². The number of anilines is 1. The van der Waals surface area contributed by atoms with Crippen LogP contribution in [0, 0.1) is 5.82 Å². The lowest BCUT2D eigenvalue weighted by molar-refractivity contribution is -0.136. The molecular formula is C27H26FN3O5S. The molecule has 1 aliphatic carbocycles. The number of carbonyl (C=O) groups is 3. The molecule has 1 heterocycles. The number of thiophene rings is 1. The van der Waals surface area contributed by atoms with Crippen molar-refractivity contribution in [2.45, 2.75) is 39.2 Å². The van der Waals surface area contributed by atoms with Crippen molar-refractivity contribution in [3.8, 4) is 5.75 Å². The molecule has 2 aromatic carbocycles. The Morgan fingerprint density at radius 1 is 1.08 bits per heavy atom. The fourth-order valence-electron chi connectivity index (χ4n) is 3.89. The molecule has 0 saturated heterocycles. The van der Waals surface area contributed by atoms with Gasteiger partial charge in [-0.15, -0.1) is 11.3 Å². The van der Waals surface area contributed by atoms with Gasteiger partial charge in [0, 0.05) is 4.88 Å². The van der Waals surface area contributed by atoms with Gasteiger partial charge in [0.1, 0.15) is 23.2 Å². The Balaban J connectivity index is 1.32. The zero-order valence-corrected chi connectivity index (χ0v) is 21.0. The van der Waals surface area contributed by atoms with Crippen LogP contribution in [-0.4, -0.2) is 30.6 Å². The first-order chi connectivity index (χ1) is 17.9. The Bertz CT molecular complexity index is 1320. The molecule has 2 N–H and O–H groups in total. The van der Waals surface area contributed by atoms with E-state index in [4.69, 9.17) is 9.47 Å². The quantitative estimate of drug-likeness (QED) is 0.194. The van der Waals surface area contributed by atoms with E-state index in [-0.39, 0.29) is 19.0 Å². The average Bonchev–Trinajstić information content (AvgIpc) is 3.26. The van der Waals surface area contributed by atoms with Gasteiger partial charge in [0.2, 0.25) is 0 Å². The predicted molar refractivity (Wildman–Crippen MR) is 138 cm³/mol. The summed E-state index contributed by atoms with van der Waals surface area (Å²) in [5, 5.41) is 6.70. The van der Waals surface area contributed by atoms with Crippen LogP contribution in [0.15, 0.2) is 53.6 Å². The van der Waals surface area contributed by atoms with Crippen molar-refractivity contribution in [1.29, 1.82) is 0 Å². The number of nitrogens with one attached hydrogen (secondary N) is 2. The number of benzene rings is 2. The third kappa shape index (κ3) is 6.79. The molecule has 2 amide bonds. The molecule has 0 unspecified atom stereocenters.